The summed E-state index contributed by atoms with van der Waals surface area (Å²) in [7, 11) is 5.69. The highest BCUT2D eigenvalue weighted by Crippen LogP contribution is 2.50. The van der Waals surface area contributed by atoms with Gasteiger partial charge in [-0.15, -0.1) is 0 Å². The molecule has 6 rings (SSSR count). The first-order valence-corrected chi connectivity index (χ1v) is 19.3. The van der Waals surface area contributed by atoms with E-state index in [1.54, 1.807) is 88.5 Å². The van der Waals surface area contributed by atoms with Crippen molar-refractivity contribution in [2.75, 3.05) is 28.4 Å². The van der Waals surface area contributed by atoms with E-state index in [2.05, 4.69) is 0 Å². The van der Waals surface area contributed by atoms with Crippen LogP contribution in [0.2, 0.25) is 0 Å². The molecule has 16 nitrogen and oxygen atoms in total. The first kappa shape index (κ1) is 43.2. The maximum absolute atomic E-state index is 14.3. The lowest BCUT2D eigenvalue weighted by atomic mass is 9.97. The number of hydrogen-bond acceptors (Lipinski definition) is 15. The molecule has 0 radical (unpaired) electrons. The Hall–Kier alpha value is -6.36. The Morgan fingerprint density at radius 3 is 1.65 bits per heavy atom. The van der Waals surface area contributed by atoms with Gasteiger partial charge in [-0.2, -0.15) is 0 Å². The van der Waals surface area contributed by atoms with Gasteiger partial charge >= 0.3 is 23.5 Å². The van der Waals surface area contributed by atoms with Crippen LogP contribution in [-0.2, 0) is 14.4 Å². The van der Waals surface area contributed by atoms with Gasteiger partial charge in [0, 0.05) is 39.4 Å². The summed E-state index contributed by atoms with van der Waals surface area (Å²) in [6, 6.07) is 8.49. The molecule has 0 aliphatic heterocycles. The fraction of sp³-hybridized carbons (Fsp3) is 0.364. The average molecular weight is 827 g/mol. The van der Waals surface area contributed by atoms with Crippen LogP contribution < -0.4 is 56.0 Å². The largest absolute Gasteiger partial charge is 0.493 e. The molecule has 0 spiro atoms. The number of pyridine rings is 1. The Morgan fingerprint density at radius 1 is 0.567 bits per heavy atom. The van der Waals surface area contributed by atoms with Gasteiger partial charge in [-0.3, -0.25) is 0 Å². The van der Waals surface area contributed by atoms with Crippen molar-refractivity contribution in [2.24, 2.45) is 35.0 Å². The molecule has 0 unspecified atom stereocenters. The SMILES string of the molecule is COc1cc(-c2c3c4cc(OC)c(OC(=O)[C@@H](N)C(C)C)cc4oc(=O)c3n3ccc4c(OC(=O)[C@@H](N)C(C)C)c(OC)c(OC)cc4c23)ccc1OC(=O)[C@@H](N)C(C)C. The van der Waals surface area contributed by atoms with E-state index in [0.717, 1.165) is 0 Å². The Balaban J connectivity index is 1.76. The molecule has 6 N–H and O–H groups in total. The van der Waals surface area contributed by atoms with E-state index >= 15 is 0 Å². The molecule has 0 amide bonds. The first-order chi connectivity index (χ1) is 28.5. The average Bonchev–Trinajstić information content (AvgIpc) is 3.58. The number of nitrogens with two attached hydrogens (primary N) is 3. The quantitative estimate of drug-likeness (QED) is 0.0678. The standard InChI is InChI=1S/C44H50N4O12/c1-19(2)34(45)41(49)57-26-12-11-22(15-28(26)53-7)32-33-25-17-29(54-8)30(59-42(50)35(46)20(3)4)18-27(25)58-44(52)38(33)48-14-13-23-24(37(32)48)16-31(55-9)40(56-10)39(23)60-43(51)36(47)21(5)6/h11-21,34-36H,45-47H2,1-10H3/t34-,35-,36-/m0/s1. The number of carbonyl (C=O) groups is 3. The van der Waals surface area contributed by atoms with Crippen molar-refractivity contribution in [3.05, 3.63) is 59.1 Å². The molecule has 16 heteroatoms. The van der Waals surface area contributed by atoms with Crippen molar-refractivity contribution in [1.29, 1.82) is 0 Å². The highest BCUT2D eigenvalue weighted by molar-refractivity contribution is 6.22. The van der Waals surface area contributed by atoms with Crippen molar-refractivity contribution >= 4 is 56.1 Å². The number of hydrogen-bond donors (Lipinski definition) is 3. The molecule has 318 valence electrons. The van der Waals surface area contributed by atoms with Crippen molar-refractivity contribution in [3.63, 3.8) is 0 Å². The number of carbonyl (C=O) groups excluding carboxylic acids is 3. The summed E-state index contributed by atoms with van der Waals surface area (Å²) in [6.07, 6.45) is 1.64. The second kappa shape index (κ2) is 17.1. The highest BCUT2D eigenvalue weighted by atomic mass is 16.6. The third-order valence-corrected chi connectivity index (χ3v) is 10.5. The minimum absolute atomic E-state index is 0.0142. The molecule has 60 heavy (non-hydrogen) atoms. The fourth-order valence-electron chi connectivity index (χ4n) is 6.79. The maximum atomic E-state index is 14.3. The van der Waals surface area contributed by atoms with Crippen LogP contribution in [-0.4, -0.2) is 68.9 Å². The number of fused-ring (bicyclic) bond motifs is 7. The smallest absolute Gasteiger partial charge is 0.361 e. The molecular formula is C44H50N4O12. The van der Waals surface area contributed by atoms with Gasteiger partial charge in [0.25, 0.3) is 0 Å². The number of methoxy groups -OCH3 is 4. The van der Waals surface area contributed by atoms with Gasteiger partial charge in [0.15, 0.2) is 34.5 Å². The topological polar surface area (TPSA) is 228 Å². The number of ether oxygens (including phenoxy) is 7. The van der Waals surface area contributed by atoms with Crippen LogP contribution >= 0.6 is 0 Å². The van der Waals surface area contributed by atoms with Gasteiger partial charge in [-0.1, -0.05) is 47.6 Å². The van der Waals surface area contributed by atoms with Crippen LogP contribution in [0.1, 0.15) is 41.5 Å². The maximum Gasteiger partial charge on any atom is 0.361 e. The molecule has 0 saturated heterocycles. The van der Waals surface area contributed by atoms with E-state index < -0.39 is 41.7 Å². The molecule has 0 saturated carbocycles. The van der Waals surface area contributed by atoms with Gasteiger partial charge in [0.05, 0.1) is 34.0 Å². The summed E-state index contributed by atoms with van der Waals surface area (Å²) in [5, 5.41) is 1.67. The van der Waals surface area contributed by atoms with E-state index in [-0.39, 0.29) is 69.1 Å². The summed E-state index contributed by atoms with van der Waals surface area (Å²) in [5.41, 5.74) is 19.3. The third-order valence-electron chi connectivity index (χ3n) is 10.5. The molecule has 3 aromatic heterocycles. The molecule has 6 aromatic rings. The predicted molar refractivity (Wildman–Crippen MR) is 225 cm³/mol. The van der Waals surface area contributed by atoms with Crippen LogP contribution in [0.25, 0.3) is 49.3 Å². The van der Waals surface area contributed by atoms with Gasteiger partial charge in [-0.25, -0.2) is 19.2 Å². The molecule has 3 heterocycles. The zero-order valence-corrected chi connectivity index (χ0v) is 35.2. The molecule has 0 fully saturated rings. The summed E-state index contributed by atoms with van der Waals surface area (Å²) in [5.74, 6) is -1.89. The number of esters is 3. The normalized spacial score (nSPS) is 13.3. The number of nitrogens with zero attached hydrogens (tertiary/aromatic N) is 1. The van der Waals surface area contributed by atoms with E-state index in [0.29, 0.717) is 38.2 Å². The number of rotatable bonds is 14. The lowest BCUT2D eigenvalue weighted by Crippen LogP contribution is -2.38. The van der Waals surface area contributed by atoms with E-state index in [1.165, 1.54) is 34.5 Å². The predicted octanol–water partition coefficient (Wildman–Crippen LogP) is 5.72. The van der Waals surface area contributed by atoms with Gasteiger partial charge in [0.2, 0.25) is 5.75 Å². The molecule has 0 aliphatic rings. The summed E-state index contributed by atoms with van der Waals surface area (Å²) in [6.45, 7) is 10.8. The summed E-state index contributed by atoms with van der Waals surface area (Å²) in [4.78, 5) is 53.7. The van der Waals surface area contributed by atoms with E-state index in [9.17, 15) is 19.2 Å². The summed E-state index contributed by atoms with van der Waals surface area (Å²) < 4.78 is 48.0. The van der Waals surface area contributed by atoms with Crippen LogP contribution in [0.3, 0.4) is 0 Å². The number of aromatic nitrogens is 1. The van der Waals surface area contributed by atoms with Crippen LogP contribution in [0.4, 0.5) is 0 Å². The molecular weight excluding hydrogens is 776 g/mol. The van der Waals surface area contributed by atoms with Gasteiger partial charge < -0.3 is 59.2 Å². The van der Waals surface area contributed by atoms with Crippen LogP contribution in [0.5, 0.6) is 40.2 Å². The molecule has 3 aromatic carbocycles. The molecule has 0 bridgehead atoms. The van der Waals surface area contributed by atoms with E-state index in [4.69, 9.17) is 54.8 Å². The van der Waals surface area contributed by atoms with Crippen molar-refractivity contribution in [2.45, 2.75) is 59.7 Å². The van der Waals surface area contributed by atoms with Crippen molar-refractivity contribution < 1.29 is 52.0 Å². The fourth-order valence-corrected chi connectivity index (χ4v) is 6.79. The zero-order valence-electron chi connectivity index (χ0n) is 35.2. The van der Waals surface area contributed by atoms with Gasteiger partial charge in [-0.05, 0) is 53.6 Å². The van der Waals surface area contributed by atoms with Crippen LogP contribution in [0.15, 0.2) is 57.9 Å². The van der Waals surface area contributed by atoms with E-state index in [1.807, 2.05) is 0 Å². The molecule has 0 aliphatic carbocycles. The monoisotopic (exact) mass is 826 g/mol. The number of benzene rings is 3. The lowest BCUT2D eigenvalue weighted by molar-refractivity contribution is -0.137. The van der Waals surface area contributed by atoms with Gasteiger partial charge in [0.1, 0.15) is 29.2 Å². The Morgan fingerprint density at radius 2 is 1.10 bits per heavy atom. The van der Waals surface area contributed by atoms with Crippen molar-refractivity contribution in [1.82, 2.24) is 4.40 Å². The summed E-state index contributed by atoms with van der Waals surface area (Å²) >= 11 is 0. The second-order valence-electron chi connectivity index (χ2n) is 15.4. The minimum atomic E-state index is -0.961. The third kappa shape index (κ3) is 7.64. The highest BCUT2D eigenvalue weighted by Gasteiger charge is 2.30. The lowest BCUT2D eigenvalue weighted by Gasteiger charge is -2.19. The second-order valence-corrected chi connectivity index (χ2v) is 15.4. The minimum Gasteiger partial charge on any atom is -0.493 e. The first-order valence-electron chi connectivity index (χ1n) is 19.3. The van der Waals surface area contributed by atoms with Crippen LogP contribution in [0, 0.1) is 17.8 Å². The Kier molecular flexibility index (Phi) is 12.3. The zero-order chi connectivity index (χ0) is 43.9. The Bertz CT molecular complexity index is 2720. The van der Waals surface area contributed by atoms with Crippen molar-refractivity contribution in [3.8, 4) is 51.4 Å². The Labute approximate surface area is 345 Å². The molecule has 3 atom stereocenters.